The van der Waals surface area contributed by atoms with E-state index in [9.17, 15) is 14.4 Å². The number of aliphatic carboxylic acids is 2. The lowest BCUT2D eigenvalue weighted by Gasteiger charge is -2.08. The molecule has 1 unspecified atom stereocenters. The Hall–Kier alpha value is -1.39. The summed E-state index contributed by atoms with van der Waals surface area (Å²) in [5, 5.41) is 17.5. The maximum atomic E-state index is 11.8. The van der Waals surface area contributed by atoms with Crippen LogP contribution in [-0.2, 0) is 14.4 Å². The van der Waals surface area contributed by atoms with Gasteiger partial charge in [0.2, 0.25) is 0 Å². The van der Waals surface area contributed by atoms with Crippen molar-refractivity contribution in [3.63, 3.8) is 0 Å². The summed E-state index contributed by atoms with van der Waals surface area (Å²) >= 11 is 0. The minimum Gasteiger partial charge on any atom is -0.481 e. The van der Waals surface area contributed by atoms with Crippen LogP contribution in [0.4, 0.5) is 0 Å². The molecular weight excluding hydrogens is 356 g/mol. The van der Waals surface area contributed by atoms with Crippen LogP contribution in [0.1, 0.15) is 122 Å². The van der Waals surface area contributed by atoms with Crippen LogP contribution in [-0.4, -0.2) is 27.9 Å². The molecule has 0 aromatic heterocycles. The molecule has 0 aliphatic carbocycles. The minimum absolute atomic E-state index is 0.0936. The first-order chi connectivity index (χ1) is 13.5. The topological polar surface area (TPSA) is 91.7 Å². The third-order valence-corrected chi connectivity index (χ3v) is 5.41. The highest BCUT2D eigenvalue weighted by Crippen LogP contribution is 2.15. The zero-order valence-corrected chi connectivity index (χ0v) is 17.9. The van der Waals surface area contributed by atoms with E-state index in [1.165, 1.54) is 57.8 Å². The van der Waals surface area contributed by atoms with Gasteiger partial charge in [0.25, 0.3) is 0 Å². The molecule has 0 heterocycles. The van der Waals surface area contributed by atoms with Crippen molar-refractivity contribution in [2.24, 2.45) is 5.92 Å². The van der Waals surface area contributed by atoms with E-state index in [-0.39, 0.29) is 12.2 Å². The van der Waals surface area contributed by atoms with Crippen LogP contribution in [0.5, 0.6) is 0 Å². The van der Waals surface area contributed by atoms with Crippen LogP contribution in [0.3, 0.4) is 0 Å². The quantitative estimate of drug-likeness (QED) is 0.219. The summed E-state index contributed by atoms with van der Waals surface area (Å²) in [7, 11) is 0. The smallest absolute Gasteiger partial charge is 0.306 e. The van der Waals surface area contributed by atoms with Gasteiger partial charge in [0, 0.05) is 19.3 Å². The number of hydrogen-bond donors (Lipinski definition) is 2. The van der Waals surface area contributed by atoms with Crippen molar-refractivity contribution in [2.45, 2.75) is 122 Å². The van der Waals surface area contributed by atoms with Crippen molar-refractivity contribution >= 4 is 17.7 Å². The second kappa shape index (κ2) is 18.9. The Bertz CT molecular complexity index is 419. The fourth-order valence-electron chi connectivity index (χ4n) is 3.50. The Morgan fingerprint density at radius 2 is 0.964 bits per heavy atom. The van der Waals surface area contributed by atoms with Gasteiger partial charge in [0.15, 0.2) is 0 Å². The lowest BCUT2D eigenvalue weighted by atomic mass is 9.97. The monoisotopic (exact) mass is 398 g/mol. The minimum atomic E-state index is -0.855. The summed E-state index contributed by atoms with van der Waals surface area (Å²) in [6.07, 6.45) is 17.8. The van der Waals surface area contributed by atoms with Crippen molar-refractivity contribution in [2.75, 3.05) is 0 Å². The van der Waals surface area contributed by atoms with Gasteiger partial charge >= 0.3 is 11.9 Å². The van der Waals surface area contributed by atoms with Crippen molar-refractivity contribution < 1.29 is 24.6 Å². The molecule has 0 fully saturated rings. The number of ketones is 1. The van der Waals surface area contributed by atoms with Crippen molar-refractivity contribution in [1.29, 1.82) is 0 Å². The second-order valence-electron chi connectivity index (χ2n) is 8.03. The Morgan fingerprint density at radius 1 is 0.607 bits per heavy atom. The summed E-state index contributed by atoms with van der Waals surface area (Å²) in [5.41, 5.74) is 0. The zero-order chi connectivity index (χ0) is 21.0. The van der Waals surface area contributed by atoms with E-state index in [4.69, 9.17) is 10.2 Å². The second-order valence-corrected chi connectivity index (χ2v) is 8.03. The summed E-state index contributed by atoms with van der Waals surface area (Å²) < 4.78 is 0. The van der Waals surface area contributed by atoms with Gasteiger partial charge < -0.3 is 10.2 Å². The van der Waals surface area contributed by atoms with Crippen LogP contribution in [0.15, 0.2) is 0 Å². The molecule has 0 amide bonds. The maximum absolute atomic E-state index is 11.8. The molecule has 0 aliphatic heterocycles. The van der Waals surface area contributed by atoms with E-state index < -0.39 is 17.9 Å². The number of hydrogen-bond acceptors (Lipinski definition) is 3. The Labute approximate surface area is 171 Å². The highest BCUT2D eigenvalue weighted by atomic mass is 16.4. The first-order valence-corrected chi connectivity index (χ1v) is 11.4. The van der Waals surface area contributed by atoms with Gasteiger partial charge in [-0.2, -0.15) is 0 Å². The maximum Gasteiger partial charge on any atom is 0.306 e. The predicted molar refractivity (Wildman–Crippen MR) is 113 cm³/mol. The summed E-state index contributed by atoms with van der Waals surface area (Å²) in [6, 6.07) is 0. The normalized spacial score (nSPS) is 12.0. The van der Waals surface area contributed by atoms with E-state index >= 15 is 0 Å². The molecule has 0 radical (unpaired) electrons. The van der Waals surface area contributed by atoms with Gasteiger partial charge in [0.05, 0.1) is 5.92 Å². The van der Waals surface area contributed by atoms with Crippen LogP contribution in [0.2, 0.25) is 0 Å². The standard InChI is InChI=1S/C23H42O5/c1-2-20(23(27)28)19-21(24)17-15-13-11-9-7-5-3-4-6-8-10-12-14-16-18-22(25)26/h20H,2-19H2,1H3,(H,25,26)(H,27,28). The molecule has 5 nitrogen and oxygen atoms in total. The number of carboxylic acid groups (broad SMARTS) is 2. The Kier molecular flexibility index (Phi) is 18.0. The third-order valence-electron chi connectivity index (χ3n) is 5.41. The van der Waals surface area contributed by atoms with E-state index in [2.05, 4.69) is 0 Å². The Morgan fingerprint density at radius 3 is 1.29 bits per heavy atom. The number of Topliss-reactive ketones (excluding diaryl/α,β-unsaturated/α-hetero) is 1. The van der Waals surface area contributed by atoms with Gasteiger partial charge in [-0.1, -0.05) is 84.0 Å². The molecule has 0 saturated heterocycles. The van der Waals surface area contributed by atoms with Crippen molar-refractivity contribution in [1.82, 2.24) is 0 Å². The van der Waals surface area contributed by atoms with Gasteiger partial charge in [-0.15, -0.1) is 0 Å². The molecule has 164 valence electrons. The van der Waals surface area contributed by atoms with E-state index in [0.29, 0.717) is 19.3 Å². The molecule has 0 rings (SSSR count). The van der Waals surface area contributed by atoms with Crippen LogP contribution >= 0.6 is 0 Å². The third kappa shape index (κ3) is 18.0. The SMILES string of the molecule is CCC(CC(=O)CCCCCCCCCCCCCCCCC(=O)O)C(=O)O. The molecular formula is C23H42O5. The number of carbonyl (C=O) groups is 3. The molecule has 0 saturated carbocycles. The number of unbranched alkanes of at least 4 members (excludes halogenated alkanes) is 13. The molecule has 5 heteroatoms. The summed E-state index contributed by atoms with van der Waals surface area (Å²) in [6.45, 7) is 1.82. The highest BCUT2D eigenvalue weighted by Gasteiger charge is 2.18. The van der Waals surface area contributed by atoms with Crippen molar-refractivity contribution in [3.05, 3.63) is 0 Å². The molecule has 0 spiro atoms. The molecule has 2 N–H and O–H groups in total. The number of carbonyl (C=O) groups excluding carboxylic acids is 1. The van der Waals surface area contributed by atoms with Crippen LogP contribution < -0.4 is 0 Å². The molecule has 0 bridgehead atoms. The average molecular weight is 399 g/mol. The predicted octanol–water partition coefficient (Wildman–Crippen LogP) is 6.38. The first-order valence-electron chi connectivity index (χ1n) is 11.4. The van der Waals surface area contributed by atoms with Gasteiger partial charge in [0.1, 0.15) is 5.78 Å². The highest BCUT2D eigenvalue weighted by molar-refractivity contribution is 5.83. The van der Waals surface area contributed by atoms with E-state index in [1.54, 1.807) is 0 Å². The van der Waals surface area contributed by atoms with Crippen LogP contribution in [0, 0.1) is 5.92 Å². The number of carboxylic acids is 2. The largest absolute Gasteiger partial charge is 0.481 e. The molecule has 28 heavy (non-hydrogen) atoms. The molecule has 1 atom stereocenters. The first kappa shape index (κ1) is 26.6. The molecule has 0 aliphatic rings. The summed E-state index contributed by atoms with van der Waals surface area (Å²) in [5.74, 6) is -1.96. The van der Waals surface area contributed by atoms with Crippen LogP contribution in [0.25, 0.3) is 0 Å². The van der Waals surface area contributed by atoms with E-state index in [1.807, 2.05) is 6.92 Å². The van der Waals surface area contributed by atoms with E-state index in [0.717, 1.165) is 32.1 Å². The van der Waals surface area contributed by atoms with Crippen molar-refractivity contribution in [3.8, 4) is 0 Å². The Balaban J connectivity index is 3.26. The summed E-state index contributed by atoms with van der Waals surface area (Å²) in [4.78, 5) is 33.1. The lowest BCUT2D eigenvalue weighted by Crippen LogP contribution is -2.17. The lowest BCUT2D eigenvalue weighted by molar-refractivity contribution is -0.144. The molecule has 0 aromatic carbocycles. The average Bonchev–Trinajstić information content (AvgIpc) is 2.65. The molecule has 0 aromatic rings. The zero-order valence-electron chi connectivity index (χ0n) is 17.9. The fourth-order valence-corrected chi connectivity index (χ4v) is 3.50. The number of rotatable bonds is 21. The van der Waals surface area contributed by atoms with Gasteiger partial charge in [-0.3, -0.25) is 14.4 Å². The van der Waals surface area contributed by atoms with Gasteiger partial charge in [-0.05, 0) is 19.3 Å². The fraction of sp³-hybridized carbons (Fsp3) is 0.870. The van der Waals surface area contributed by atoms with Gasteiger partial charge in [-0.25, -0.2) is 0 Å².